The van der Waals surface area contributed by atoms with Gasteiger partial charge in [-0.05, 0) is 67.4 Å². The van der Waals surface area contributed by atoms with Gasteiger partial charge in [0.25, 0.3) is 5.56 Å². The molecule has 6 aromatic rings. The van der Waals surface area contributed by atoms with Gasteiger partial charge in [0, 0.05) is 47.6 Å². The normalized spacial score (nSPS) is 11.2. The number of aromatic amines is 1. The molecule has 0 amide bonds. The zero-order valence-electron chi connectivity index (χ0n) is 22.7. The van der Waals surface area contributed by atoms with Gasteiger partial charge in [-0.2, -0.15) is 10.2 Å². The van der Waals surface area contributed by atoms with Crippen molar-refractivity contribution >= 4 is 16.7 Å². The molecule has 1 N–H and O–H groups in total. The summed E-state index contributed by atoms with van der Waals surface area (Å²) in [5, 5.41) is 12.0. The van der Waals surface area contributed by atoms with Gasteiger partial charge in [-0.15, -0.1) is 0 Å². The van der Waals surface area contributed by atoms with Gasteiger partial charge in [-0.3, -0.25) is 23.9 Å². The maximum atomic E-state index is 15.3. The first-order valence-electron chi connectivity index (χ1n) is 13.0. The van der Waals surface area contributed by atoms with Crippen LogP contribution < -0.4 is 10.3 Å². The summed E-state index contributed by atoms with van der Waals surface area (Å²) in [4.78, 5) is 26.8. The Hall–Kier alpha value is -5.31. The number of ether oxygens (including phenoxy) is 1. The molecule has 8 nitrogen and oxygen atoms in total. The summed E-state index contributed by atoms with van der Waals surface area (Å²) >= 11 is 0. The lowest BCUT2D eigenvalue weighted by molar-refractivity contribution is 0.0990. The number of hydrogen-bond acceptors (Lipinski definition) is 5. The van der Waals surface area contributed by atoms with E-state index in [0.29, 0.717) is 22.6 Å². The Bertz CT molecular complexity index is 1980. The van der Waals surface area contributed by atoms with Crippen LogP contribution in [0.4, 0.5) is 4.39 Å². The largest absolute Gasteiger partial charge is 0.454 e. The Balaban J connectivity index is 1.30. The molecule has 0 saturated carbocycles. The number of rotatable bonds is 7. The van der Waals surface area contributed by atoms with E-state index in [-0.39, 0.29) is 23.5 Å². The van der Waals surface area contributed by atoms with Gasteiger partial charge in [0.2, 0.25) is 0 Å². The Labute approximate surface area is 234 Å². The number of nitrogens with one attached hydrogen (secondary N) is 1. The molecule has 0 spiro atoms. The number of benzene rings is 3. The van der Waals surface area contributed by atoms with Crippen molar-refractivity contribution in [3.8, 4) is 28.3 Å². The molecule has 41 heavy (non-hydrogen) atoms. The van der Waals surface area contributed by atoms with Crippen LogP contribution in [0.25, 0.3) is 27.7 Å². The number of carbonyl (C=O) groups is 1. The molecule has 0 fully saturated rings. The number of ketones is 1. The van der Waals surface area contributed by atoms with Gasteiger partial charge in [0.15, 0.2) is 17.3 Å². The fourth-order valence-corrected chi connectivity index (χ4v) is 5.14. The van der Waals surface area contributed by atoms with Crippen molar-refractivity contribution in [2.75, 3.05) is 0 Å². The average Bonchev–Trinajstić information content (AvgIpc) is 3.60. The molecule has 9 heteroatoms. The lowest BCUT2D eigenvalue weighted by atomic mass is 9.99. The number of halogens is 1. The maximum absolute atomic E-state index is 15.3. The molecule has 0 radical (unpaired) electrons. The molecule has 0 bridgehead atoms. The molecule has 0 unspecified atom stereocenters. The third-order valence-corrected chi connectivity index (χ3v) is 7.12. The number of nitrogens with zero attached hydrogens (tertiary/aromatic N) is 4. The molecule has 0 saturated heterocycles. The third-order valence-electron chi connectivity index (χ3n) is 7.12. The SMILES string of the molecule is Cc1cc(C)n(-c2ccccc2)c(=O)c1C(=O)Cc1ccc(Oc2cc3cnn(C)c3cc2-c2cn[nH]c2)c(F)c1. The minimum Gasteiger partial charge on any atom is -0.454 e. The molecule has 3 heterocycles. The molecule has 3 aromatic carbocycles. The van der Waals surface area contributed by atoms with E-state index in [2.05, 4.69) is 15.3 Å². The maximum Gasteiger partial charge on any atom is 0.266 e. The molecular formula is C32H26FN5O3. The van der Waals surface area contributed by atoms with E-state index in [1.54, 1.807) is 42.3 Å². The number of para-hydroxylation sites is 1. The van der Waals surface area contributed by atoms with Crippen LogP contribution in [0.3, 0.4) is 0 Å². The number of carbonyl (C=O) groups excluding carboxylic acids is 1. The lowest BCUT2D eigenvalue weighted by Gasteiger charge is -2.15. The van der Waals surface area contributed by atoms with Crippen molar-refractivity contribution < 1.29 is 13.9 Å². The number of H-pyrrole nitrogens is 1. The van der Waals surface area contributed by atoms with Crippen LogP contribution >= 0.6 is 0 Å². The van der Waals surface area contributed by atoms with E-state index in [4.69, 9.17) is 4.74 Å². The van der Waals surface area contributed by atoms with Crippen molar-refractivity contribution in [2.45, 2.75) is 20.3 Å². The van der Waals surface area contributed by atoms with Gasteiger partial charge in [0.05, 0.1) is 23.5 Å². The zero-order valence-corrected chi connectivity index (χ0v) is 22.7. The number of aryl methyl sites for hydroxylation is 3. The van der Waals surface area contributed by atoms with Crippen LogP contribution in [-0.2, 0) is 13.5 Å². The topological polar surface area (TPSA) is 94.8 Å². The second-order valence-electron chi connectivity index (χ2n) is 9.95. The summed E-state index contributed by atoms with van der Waals surface area (Å²) in [7, 11) is 1.84. The zero-order chi connectivity index (χ0) is 28.7. The summed E-state index contributed by atoms with van der Waals surface area (Å²) < 4.78 is 24.7. The van der Waals surface area contributed by atoms with Gasteiger partial charge in [-0.1, -0.05) is 24.3 Å². The van der Waals surface area contributed by atoms with Crippen LogP contribution in [0.15, 0.2) is 90.1 Å². The minimum atomic E-state index is -0.623. The first-order valence-corrected chi connectivity index (χ1v) is 13.0. The molecule has 0 aliphatic carbocycles. The molecule has 0 aliphatic heterocycles. The summed E-state index contributed by atoms with van der Waals surface area (Å²) in [5.41, 5.74) is 4.51. The predicted molar refractivity (Wildman–Crippen MR) is 154 cm³/mol. The summed E-state index contributed by atoms with van der Waals surface area (Å²) in [5.74, 6) is -0.560. The summed E-state index contributed by atoms with van der Waals surface area (Å²) in [6.45, 7) is 3.57. The monoisotopic (exact) mass is 547 g/mol. The minimum absolute atomic E-state index is 0.00661. The molecule has 6 rings (SSSR count). The molecule has 3 aromatic heterocycles. The van der Waals surface area contributed by atoms with Crippen LogP contribution in [0, 0.1) is 19.7 Å². The Kier molecular flexibility index (Phi) is 6.55. The van der Waals surface area contributed by atoms with Gasteiger partial charge in [-0.25, -0.2) is 4.39 Å². The number of fused-ring (bicyclic) bond motifs is 1. The van der Waals surface area contributed by atoms with Gasteiger partial charge < -0.3 is 4.74 Å². The first kappa shape index (κ1) is 25.9. The Morgan fingerprint density at radius 2 is 1.80 bits per heavy atom. The fraction of sp³-hybridized carbons (Fsp3) is 0.125. The second-order valence-corrected chi connectivity index (χ2v) is 9.95. The average molecular weight is 548 g/mol. The van der Waals surface area contributed by atoms with Crippen LogP contribution in [0.5, 0.6) is 11.5 Å². The molecular weight excluding hydrogens is 521 g/mol. The highest BCUT2D eigenvalue weighted by Crippen LogP contribution is 2.37. The van der Waals surface area contributed by atoms with Gasteiger partial charge >= 0.3 is 0 Å². The van der Waals surface area contributed by atoms with Gasteiger partial charge in [0.1, 0.15) is 5.75 Å². The second kappa shape index (κ2) is 10.3. The predicted octanol–water partition coefficient (Wildman–Crippen LogP) is 6.09. The molecule has 204 valence electrons. The summed E-state index contributed by atoms with van der Waals surface area (Å²) in [6.07, 6.45) is 4.97. The standard InChI is InChI=1S/C32H26FN5O3/c1-19-11-20(2)38(24-7-5-4-6-8-24)32(40)31(19)28(39)13-21-9-10-29(26(33)12-21)41-30-14-22-18-36-37(3)27(22)15-25(30)23-16-34-35-17-23/h4-12,14-18H,13H2,1-3H3,(H,34,35). The van der Waals surface area contributed by atoms with Crippen LogP contribution in [0.1, 0.15) is 27.2 Å². The molecule has 0 atom stereocenters. The highest BCUT2D eigenvalue weighted by molar-refractivity contribution is 5.98. The van der Waals surface area contributed by atoms with Crippen molar-refractivity contribution in [3.05, 3.63) is 124 Å². The number of pyridine rings is 1. The Morgan fingerprint density at radius 1 is 1.00 bits per heavy atom. The van der Waals surface area contributed by atoms with Crippen molar-refractivity contribution in [1.29, 1.82) is 0 Å². The van der Waals surface area contributed by atoms with E-state index in [1.807, 2.05) is 56.4 Å². The smallest absolute Gasteiger partial charge is 0.266 e. The summed E-state index contributed by atoms with van der Waals surface area (Å²) in [6, 6.07) is 19.1. The van der Waals surface area contributed by atoms with E-state index in [9.17, 15) is 9.59 Å². The van der Waals surface area contributed by atoms with E-state index < -0.39 is 11.4 Å². The number of Topliss-reactive ketones (excluding diaryl/α,β-unsaturated/α-hetero) is 1. The number of aromatic nitrogens is 5. The van der Waals surface area contributed by atoms with Crippen LogP contribution in [-0.4, -0.2) is 30.3 Å². The van der Waals surface area contributed by atoms with E-state index >= 15 is 4.39 Å². The van der Waals surface area contributed by atoms with E-state index in [0.717, 1.165) is 27.7 Å². The highest BCUT2D eigenvalue weighted by Gasteiger charge is 2.20. The fourth-order valence-electron chi connectivity index (χ4n) is 5.14. The first-order chi connectivity index (χ1) is 19.8. The van der Waals surface area contributed by atoms with Crippen molar-refractivity contribution in [3.63, 3.8) is 0 Å². The quantitative estimate of drug-likeness (QED) is 0.244. The third kappa shape index (κ3) is 4.82. The van der Waals surface area contributed by atoms with Crippen molar-refractivity contribution in [1.82, 2.24) is 24.5 Å². The molecule has 0 aliphatic rings. The highest BCUT2D eigenvalue weighted by atomic mass is 19.1. The lowest BCUT2D eigenvalue weighted by Crippen LogP contribution is -2.29. The number of hydrogen-bond donors (Lipinski definition) is 1. The Morgan fingerprint density at radius 3 is 2.54 bits per heavy atom. The van der Waals surface area contributed by atoms with E-state index in [1.165, 1.54) is 16.7 Å². The van der Waals surface area contributed by atoms with Crippen molar-refractivity contribution in [2.24, 2.45) is 7.05 Å². The van der Waals surface area contributed by atoms with Crippen LogP contribution in [0.2, 0.25) is 0 Å².